The van der Waals surface area contributed by atoms with Gasteiger partial charge < -0.3 is 15.1 Å². The van der Waals surface area contributed by atoms with Crippen LogP contribution in [0.4, 0.5) is 18.9 Å². The number of nitrogens with zero attached hydrogens (tertiary/aromatic N) is 3. The number of alkyl halides is 3. The summed E-state index contributed by atoms with van der Waals surface area (Å²) in [6, 6.07) is 17.7. The molecule has 0 radical (unpaired) electrons. The van der Waals surface area contributed by atoms with E-state index >= 15 is 0 Å². The predicted octanol–water partition coefficient (Wildman–Crippen LogP) is 8.28. The van der Waals surface area contributed by atoms with Gasteiger partial charge in [0.1, 0.15) is 0 Å². The summed E-state index contributed by atoms with van der Waals surface area (Å²) in [6.07, 6.45) is 1.71. The van der Waals surface area contributed by atoms with E-state index in [1.807, 2.05) is 27.7 Å². The molecule has 1 aromatic heterocycles. The van der Waals surface area contributed by atoms with Gasteiger partial charge in [0, 0.05) is 36.3 Å². The zero-order valence-corrected chi connectivity index (χ0v) is 26.9. The van der Waals surface area contributed by atoms with E-state index in [2.05, 4.69) is 77.6 Å². The summed E-state index contributed by atoms with van der Waals surface area (Å²) < 4.78 is 34.1. The Kier molecular flexibility index (Phi) is 15.9. The molecule has 0 aliphatic carbocycles. The van der Waals surface area contributed by atoms with Crippen LogP contribution in [0.25, 0.3) is 22.2 Å². The number of hydrogen-bond donors (Lipinski definition) is 1. The number of hydrogen-bond acceptors (Lipinski definition) is 4. The number of aromatic nitrogens is 1. The van der Waals surface area contributed by atoms with Gasteiger partial charge >= 0.3 is 0 Å². The van der Waals surface area contributed by atoms with Gasteiger partial charge in [-0.25, -0.2) is 13.8 Å². The standard InChI is InChI=1S/C30H38F2N4.2C2H6.CH3F/c1-3-21-8-11-26-28(15-21)34-27(16-29(26)36-19-24-12-14-35(2)18-25(24)20-36)23-9-6-22(7-10-23)5-4-13-33-17-30(31)32;3*1-2/h6-11,15-16,24-25,30,33H,3-5,12-14,17-20H2,1-2H3;2*1-2H3;1H3. The molecular weight excluding hydrogens is 533 g/mol. The van der Waals surface area contributed by atoms with Gasteiger partial charge in [0.2, 0.25) is 0 Å². The van der Waals surface area contributed by atoms with Crippen molar-refractivity contribution in [2.45, 2.75) is 66.7 Å². The molecule has 0 amide bonds. The highest BCUT2D eigenvalue weighted by Crippen LogP contribution is 2.38. The summed E-state index contributed by atoms with van der Waals surface area (Å²) in [5.74, 6) is 1.51. The van der Waals surface area contributed by atoms with Crippen LogP contribution in [0.3, 0.4) is 0 Å². The van der Waals surface area contributed by atoms with Crippen molar-refractivity contribution >= 4 is 16.6 Å². The predicted molar refractivity (Wildman–Crippen MR) is 175 cm³/mol. The Morgan fingerprint density at radius 3 is 2.24 bits per heavy atom. The highest BCUT2D eigenvalue weighted by Gasteiger charge is 2.36. The first kappa shape index (κ1) is 35.6. The van der Waals surface area contributed by atoms with E-state index in [9.17, 15) is 13.2 Å². The largest absolute Gasteiger partial charge is 0.370 e. The molecular formula is C35H53F3N4. The summed E-state index contributed by atoms with van der Waals surface area (Å²) in [4.78, 5) is 10.2. The number of benzene rings is 2. The minimum absolute atomic E-state index is 0.232. The van der Waals surface area contributed by atoms with E-state index in [0.29, 0.717) is 13.7 Å². The van der Waals surface area contributed by atoms with Gasteiger partial charge in [0.05, 0.1) is 24.9 Å². The monoisotopic (exact) mass is 586 g/mol. The minimum Gasteiger partial charge on any atom is -0.370 e. The number of likely N-dealkylation sites (tertiary alicyclic amines) is 1. The number of anilines is 1. The van der Waals surface area contributed by atoms with Gasteiger partial charge in [-0.05, 0) is 80.9 Å². The van der Waals surface area contributed by atoms with Gasteiger partial charge in [0.15, 0.2) is 0 Å². The lowest BCUT2D eigenvalue weighted by molar-refractivity contribution is 0.146. The molecule has 4 nitrogen and oxygen atoms in total. The van der Waals surface area contributed by atoms with Crippen LogP contribution in [0.1, 0.15) is 58.6 Å². The van der Waals surface area contributed by atoms with Crippen LogP contribution in [0, 0.1) is 11.8 Å². The third kappa shape index (κ3) is 9.70. The molecule has 2 unspecified atom stereocenters. The fourth-order valence-corrected chi connectivity index (χ4v) is 5.90. The van der Waals surface area contributed by atoms with Gasteiger partial charge in [-0.1, -0.05) is 71.0 Å². The fourth-order valence-electron chi connectivity index (χ4n) is 5.90. The van der Waals surface area contributed by atoms with Crippen LogP contribution in [0.2, 0.25) is 0 Å². The van der Waals surface area contributed by atoms with Crippen molar-refractivity contribution in [3.63, 3.8) is 0 Å². The average Bonchev–Trinajstić information content (AvgIpc) is 3.46. The molecule has 1 N–H and O–H groups in total. The quantitative estimate of drug-likeness (QED) is 0.256. The van der Waals surface area contributed by atoms with Crippen LogP contribution in [0.15, 0.2) is 48.5 Å². The lowest BCUT2D eigenvalue weighted by Gasteiger charge is -2.31. The van der Waals surface area contributed by atoms with Crippen LogP contribution >= 0.6 is 0 Å². The molecule has 2 atom stereocenters. The maximum Gasteiger partial charge on any atom is 0.250 e. The Hall–Kier alpha value is -2.64. The summed E-state index contributed by atoms with van der Waals surface area (Å²) in [6.45, 7) is 15.2. The van der Waals surface area contributed by atoms with Crippen molar-refractivity contribution in [2.24, 2.45) is 11.8 Å². The first-order chi connectivity index (χ1) is 20.5. The van der Waals surface area contributed by atoms with E-state index in [4.69, 9.17) is 4.98 Å². The summed E-state index contributed by atoms with van der Waals surface area (Å²) in [5, 5.41) is 4.05. The molecule has 42 heavy (non-hydrogen) atoms. The zero-order valence-electron chi connectivity index (χ0n) is 26.9. The molecule has 0 saturated carbocycles. The molecule has 0 spiro atoms. The van der Waals surface area contributed by atoms with Gasteiger partial charge in [-0.2, -0.15) is 0 Å². The minimum atomic E-state index is -2.29. The smallest absolute Gasteiger partial charge is 0.250 e. The third-order valence-corrected chi connectivity index (χ3v) is 7.97. The van der Waals surface area contributed by atoms with Crippen molar-refractivity contribution in [3.8, 4) is 11.3 Å². The highest BCUT2D eigenvalue weighted by atomic mass is 19.3. The lowest BCUT2D eigenvalue weighted by Crippen LogP contribution is -2.37. The molecule has 2 saturated heterocycles. The molecule has 3 heterocycles. The van der Waals surface area contributed by atoms with Crippen molar-refractivity contribution in [3.05, 3.63) is 59.7 Å². The summed E-state index contributed by atoms with van der Waals surface area (Å²) >= 11 is 0. The summed E-state index contributed by atoms with van der Waals surface area (Å²) in [5.41, 5.74) is 7.05. The highest BCUT2D eigenvalue weighted by molar-refractivity contribution is 5.94. The second-order valence-corrected chi connectivity index (χ2v) is 10.6. The number of halogens is 3. The number of fused-ring (bicyclic) bond motifs is 2. The Morgan fingerprint density at radius 2 is 1.57 bits per heavy atom. The number of piperidine rings is 1. The molecule has 2 aliphatic rings. The van der Waals surface area contributed by atoms with Crippen LogP contribution < -0.4 is 10.2 Å². The Morgan fingerprint density at radius 1 is 0.905 bits per heavy atom. The maximum absolute atomic E-state index is 12.3. The lowest BCUT2D eigenvalue weighted by atomic mass is 9.89. The van der Waals surface area contributed by atoms with E-state index in [1.165, 1.54) is 41.7 Å². The molecule has 2 fully saturated rings. The molecule has 3 aromatic rings. The van der Waals surface area contributed by atoms with E-state index in [0.717, 1.165) is 61.0 Å². The first-order valence-corrected chi connectivity index (χ1v) is 15.8. The molecule has 2 aromatic carbocycles. The van der Waals surface area contributed by atoms with E-state index in [1.54, 1.807) is 0 Å². The SMILES string of the molecule is CC.CC.CCc1ccc2c(N3CC4CCN(C)CC4C3)cc(-c3ccc(CCCNCC(F)F)cc3)nc2c1.CF. The summed E-state index contributed by atoms with van der Waals surface area (Å²) in [7, 11) is 2.74. The van der Waals surface area contributed by atoms with Gasteiger partial charge in [-0.3, -0.25) is 4.39 Å². The number of rotatable bonds is 9. The van der Waals surface area contributed by atoms with Crippen molar-refractivity contribution in [1.29, 1.82) is 0 Å². The zero-order chi connectivity index (χ0) is 31.1. The van der Waals surface area contributed by atoms with Gasteiger partial charge in [-0.15, -0.1) is 0 Å². The first-order valence-electron chi connectivity index (χ1n) is 15.8. The molecule has 234 valence electrons. The van der Waals surface area contributed by atoms with E-state index < -0.39 is 6.43 Å². The Labute approximate surface area is 252 Å². The van der Waals surface area contributed by atoms with Crippen molar-refractivity contribution < 1.29 is 13.2 Å². The Balaban J connectivity index is 0.000000966. The second-order valence-electron chi connectivity index (χ2n) is 10.6. The number of aryl methyl sites for hydroxylation is 2. The van der Waals surface area contributed by atoms with Crippen molar-refractivity contribution in [2.75, 3.05) is 58.4 Å². The number of nitrogens with one attached hydrogen (secondary N) is 1. The maximum atomic E-state index is 12.3. The second kappa shape index (κ2) is 18.8. The Bertz CT molecular complexity index is 1170. The van der Waals surface area contributed by atoms with Gasteiger partial charge in [0.25, 0.3) is 6.43 Å². The molecule has 2 aliphatic heterocycles. The molecule has 5 rings (SSSR count). The third-order valence-electron chi connectivity index (χ3n) is 7.97. The van der Waals surface area contributed by atoms with Crippen LogP contribution in [0.5, 0.6) is 0 Å². The molecule has 0 bridgehead atoms. The average molecular weight is 587 g/mol. The van der Waals surface area contributed by atoms with Crippen LogP contribution in [-0.4, -0.2) is 69.8 Å². The number of pyridine rings is 1. The topological polar surface area (TPSA) is 31.4 Å². The molecule has 7 heteroatoms. The van der Waals surface area contributed by atoms with Crippen LogP contribution in [-0.2, 0) is 12.8 Å². The van der Waals surface area contributed by atoms with Crippen molar-refractivity contribution in [1.82, 2.24) is 15.2 Å². The van der Waals surface area contributed by atoms with E-state index in [-0.39, 0.29) is 6.54 Å². The normalized spacial score (nSPS) is 17.9. The fraction of sp³-hybridized carbons (Fsp3) is 0.571.